The van der Waals surface area contributed by atoms with E-state index in [-0.39, 0.29) is 17.3 Å². The summed E-state index contributed by atoms with van der Waals surface area (Å²) in [6, 6.07) is 2.52. The molecule has 2 aliphatic rings. The lowest BCUT2D eigenvalue weighted by atomic mass is 9.65. The van der Waals surface area contributed by atoms with Gasteiger partial charge in [-0.3, -0.25) is 4.79 Å². The zero-order valence-electron chi connectivity index (χ0n) is 8.01. The summed E-state index contributed by atoms with van der Waals surface area (Å²) in [5.41, 5.74) is 0.309. The van der Waals surface area contributed by atoms with Gasteiger partial charge in [-0.1, -0.05) is 6.42 Å². The number of halogens is 1. The Morgan fingerprint density at radius 3 is 2.73 bits per heavy atom. The van der Waals surface area contributed by atoms with Gasteiger partial charge in [0.2, 0.25) is 5.91 Å². The number of benzene rings is 1. The van der Waals surface area contributed by atoms with Crippen LogP contribution in [0.5, 0.6) is 5.75 Å². The molecule has 0 radical (unpaired) electrons. The quantitative estimate of drug-likeness (QED) is 0.638. The highest BCUT2D eigenvalue weighted by molar-refractivity contribution is 6.07. The van der Waals surface area contributed by atoms with Gasteiger partial charge < -0.3 is 10.4 Å². The maximum atomic E-state index is 13.5. The molecule has 1 aliphatic heterocycles. The minimum Gasteiger partial charge on any atom is -0.508 e. The molecule has 2 N–H and O–H groups in total. The highest BCUT2D eigenvalue weighted by atomic mass is 19.1. The van der Waals surface area contributed by atoms with Crippen molar-refractivity contribution in [2.75, 3.05) is 5.32 Å². The first-order valence-corrected chi connectivity index (χ1v) is 4.98. The lowest BCUT2D eigenvalue weighted by Crippen LogP contribution is -2.40. The van der Waals surface area contributed by atoms with Crippen LogP contribution in [0, 0.1) is 5.82 Å². The molecule has 1 heterocycles. The summed E-state index contributed by atoms with van der Waals surface area (Å²) in [5, 5.41) is 11.9. The smallest absolute Gasteiger partial charge is 0.235 e. The number of phenols is 1. The molecule has 1 amide bonds. The molecule has 0 aromatic heterocycles. The fraction of sp³-hybridized carbons (Fsp3) is 0.364. The van der Waals surface area contributed by atoms with E-state index in [2.05, 4.69) is 5.32 Å². The van der Waals surface area contributed by atoms with Gasteiger partial charge >= 0.3 is 0 Å². The number of amides is 1. The van der Waals surface area contributed by atoms with Crippen LogP contribution in [-0.4, -0.2) is 11.0 Å². The highest BCUT2D eigenvalue weighted by Gasteiger charge is 2.51. The molecule has 1 fully saturated rings. The monoisotopic (exact) mass is 207 g/mol. The van der Waals surface area contributed by atoms with Crippen molar-refractivity contribution in [1.82, 2.24) is 0 Å². The van der Waals surface area contributed by atoms with E-state index in [1.807, 2.05) is 0 Å². The maximum Gasteiger partial charge on any atom is 0.235 e. The van der Waals surface area contributed by atoms with Gasteiger partial charge in [-0.15, -0.1) is 0 Å². The molecule has 1 saturated carbocycles. The van der Waals surface area contributed by atoms with E-state index in [0.717, 1.165) is 25.3 Å². The SMILES string of the molecule is O=C1Nc2c(F)cc(O)cc2C12CCC2. The first kappa shape index (κ1) is 8.71. The Morgan fingerprint density at radius 2 is 2.13 bits per heavy atom. The van der Waals surface area contributed by atoms with Crippen molar-refractivity contribution in [2.45, 2.75) is 24.7 Å². The summed E-state index contributed by atoms with van der Waals surface area (Å²) < 4.78 is 13.5. The molecule has 0 atom stereocenters. The second-order valence-electron chi connectivity index (χ2n) is 4.24. The molecule has 0 saturated heterocycles. The molecule has 4 heteroatoms. The van der Waals surface area contributed by atoms with Crippen LogP contribution in [0.15, 0.2) is 12.1 Å². The summed E-state index contributed by atoms with van der Waals surface area (Å²) in [7, 11) is 0. The molecule has 1 aliphatic carbocycles. The second-order valence-corrected chi connectivity index (χ2v) is 4.24. The molecule has 15 heavy (non-hydrogen) atoms. The zero-order chi connectivity index (χ0) is 10.6. The van der Waals surface area contributed by atoms with E-state index in [1.54, 1.807) is 0 Å². The van der Waals surface area contributed by atoms with E-state index >= 15 is 0 Å². The van der Waals surface area contributed by atoms with Gasteiger partial charge in [-0.25, -0.2) is 4.39 Å². The maximum absolute atomic E-state index is 13.5. The van der Waals surface area contributed by atoms with Crippen LogP contribution in [0.2, 0.25) is 0 Å². The molecule has 3 rings (SSSR count). The topological polar surface area (TPSA) is 49.3 Å². The van der Waals surface area contributed by atoms with Crippen molar-refractivity contribution in [3.8, 4) is 5.75 Å². The summed E-state index contributed by atoms with van der Waals surface area (Å²) in [6.07, 6.45) is 2.47. The molecular formula is C11H10FNO2. The Bertz CT molecular complexity index is 466. The molecule has 0 bridgehead atoms. The van der Waals surface area contributed by atoms with Gasteiger partial charge in [0.25, 0.3) is 0 Å². The van der Waals surface area contributed by atoms with E-state index in [0.29, 0.717) is 5.56 Å². The third-order valence-corrected chi connectivity index (χ3v) is 3.47. The van der Waals surface area contributed by atoms with Gasteiger partial charge in [0, 0.05) is 6.07 Å². The second kappa shape index (κ2) is 2.51. The van der Waals surface area contributed by atoms with Crippen molar-refractivity contribution in [3.05, 3.63) is 23.5 Å². The number of aromatic hydroxyl groups is 1. The predicted octanol–water partition coefficient (Wildman–Crippen LogP) is 1.91. The number of carbonyl (C=O) groups excluding carboxylic acids is 1. The van der Waals surface area contributed by atoms with Crippen molar-refractivity contribution >= 4 is 11.6 Å². The summed E-state index contributed by atoms with van der Waals surface area (Å²) in [5.74, 6) is -0.801. The lowest BCUT2D eigenvalue weighted by molar-refractivity contribution is -0.123. The fourth-order valence-corrected chi connectivity index (χ4v) is 2.48. The summed E-state index contributed by atoms with van der Waals surface area (Å²) in [6.45, 7) is 0. The third kappa shape index (κ3) is 0.914. The predicted molar refractivity (Wildman–Crippen MR) is 52.2 cm³/mol. The third-order valence-electron chi connectivity index (χ3n) is 3.47. The van der Waals surface area contributed by atoms with Crippen molar-refractivity contribution in [3.63, 3.8) is 0 Å². The Hall–Kier alpha value is -1.58. The average molecular weight is 207 g/mol. The highest BCUT2D eigenvalue weighted by Crippen LogP contribution is 2.52. The first-order valence-electron chi connectivity index (χ1n) is 4.98. The van der Waals surface area contributed by atoms with Crippen molar-refractivity contribution < 1.29 is 14.3 Å². The molecular weight excluding hydrogens is 197 g/mol. The number of carbonyl (C=O) groups is 1. The van der Waals surface area contributed by atoms with Crippen LogP contribution in [0.25, 0.3) is 0 Å². The van der Waals surface area contributed by atoms with Crippen LogP contribution in [0.4, 0.5) is 10.1 Å². The van der Waals surface area contributed by atoms with Gasteiger partial charge in [-0.2, -0.15) is 0 Å². The van der Waals surface area contributed by atoms with E-state index in [4.69, 9.17) is 0 Å². The van der Waals surface area contributed by atoms with Crippen molar-refractivity contribution in [1.29, 1.82) is 0 Å². The molecule has 1 aromatic carbocycles. The van der Waals surface area contributed by atoms with E-state index in [1.165, 1.54) is 6.07 Å². The van der Waals surface area contributed by atoms with Crippen LogP contribution >= 0.6 is 0 Å². The number of fused-ring (bicyclic) bond motifs is 2. The zero-order valence-corrected chi connectivity index (χ0v) is 8.01. The minimum absolute atomic E-state index is 0.117. The Morgan fingerprint density at radius 1 is 1.40 bits per heavy atom. The van der Waals surface area contributed by atoms with Gasteiger partial charge in [0.15, 0.2) is 5.82 Å². The van der Waals surface area contributed by atoms with Crippen LogP contribution < -0.4 is 5.32 Å². The number of rotatable bonds is 0. The minimum atomic E-state index is -0.561. The van der Waals surface area contributed by atoms with Crippen molar-refractivity contribution in [2.24, 2.45) is 0 Å². The molecule has 1 aromatic rings. The number of nitrogens with one attached hydrogen (secondary N) is 1. The Labute approximate surface area is 85.9 Å². The summed E-state index contributed by atoms with van der Waals surface area (Å²) in [4.78, 5) is 11.7. The van der Waals surface area contributed by atoms with Crippen LogP contribution in [0.3, 0.4) is 0 Å². The first-order chi connectivity index (χ1) is 7.13. The number of hydrogen-bond donors (Lipinski definition) is 2. The summed E-state index contributed by atoms with van der Waals surface area (Å²) >= 11 is 0. The van der Waals surface area contributed by atoms with Crippen LogP contribution in [-0.2, 0) is 10.2 Å². The fourth-order valence-electron chi connectivity index (χ4n) is 2.48. The number of hydrogen-bond acceptors (Lipinski definition) is 2. The van der Waals surface area contributed by atoms with Gasteiger partial charge in [-0.05, 0) is 24.5 Å². The molecule has 0 unspecified atom stereocenters. The van der Waals surface area contributed by atoms with E-state index in [9.17, 15) is 14.3 Å². The molecule has 78 valence electrons. The Kier molecular flexibility index (Phi) is 1.45. The average Bonchev–Trinajstić information content (AvgIpc) is 2.37. The normalized spacial score (nSPS) is 21.0. The number of phenolic OH excluding ortho intramolecular Hbond substituents is 1. The largest absolute Gasteiger partial charge is 0.508 e. The van der Waals surface area contributed by atoms with Gasteiger partial charge in [0.05, 0.1) is 11.1 Å². The Balaban J connectivity index is 2.24. The molecule has 3 nitrogen and oxygen atoms in total. The standard InChI is InChI=1S/C11H10FNO2/c12-8-5-6(14)4-7-9(8)13-10(15)11(7)2-1-3-11/h4-5,14H,1-3H2,(H,13,15). The van der Waals surface area contributed by atoms with Gasteiger partial charge in [0.1, 0.15) is 5.75 Å². The number of anilines is 1. The lowest BCUT2D eigenvalue weighted by Gasteiger charge is -2.36. The molecule has 1 spiro atoms. The van der Waals surface area contributed by atoms with E-state index < -0.39 is 11.2 Å². The van der Waals surface area contributed by atoms with Crippen LogP contribution in [0.1, 0.15) is 24.8 Å².